The molecule has 1 aliphatic rings. The molecule has 0 bridgehead atoms. The van der Waals surface area contributed by atoms with Gasteiger partial charge in [-0.1, -0.05) is 30.3 Å². The molecular weight excluding hydrogens is 316 g/mol. The van der Waals surface area contributed by atoms with Crippen molar-refractivity contribution in [3.8, 4) is 0 Å². The van der Waals surface area contributed by atoms with Gasteiger partial charge in [-0.2, -0.15) is 0 Å². The number of hydrogen-bond acceptors (Lipinski definition) is 3. The second kappa shape index (κ2) is 7.75. The molecule has 0 unspecified atom stereocenters. The van der Waals surface area contributed by atoms with Crippen LogP contribution in [0.5, 0.6) is 0 Å². The Morgan fingerprint density at radius 2 is 1.44 bits per heavy atom. The molecule has 1 aliphatic heterocycles. The fraction of sp³-hybridized carbons (Fsp3) is 0.250. The van der Waals surface area contributed by atoms with E-state index in [0.29, 0.717) is 24.3 Å². The molecule has 0 radical (unpaired) electrons. The third kappa shape index (κ3) is 3.94. The minimum absolute atomic E-state index is 0.224. The number of piperidine rings is 1. The van der Waals surface area contributed by atoms with E-state index in [1.54, 1.807) is 53.4 Å². The Hall–Kier alpha value is -2.95. The quantitative estimate of drug-likeness (QED) is 0.689. The maximum Gasteiger partial charge on any atom is 0.295 e. The molecule has 0 atom stereocenters. The van der Waals surface area contributed by atoms with Gasteiger partial charge in [-0.3, -0.25) is 14.4 Å². The fourth-order valence-electron chi connectivity index (χ4n) is 2.93. The number of anilines is 1. The van der Waals surface area contributed by atoms with Crippen molar-refractivity contribution in [3.05, 3.63) is 65.7 Å². The van der Waals surface area contributed by atoms with E-state index in [0.717, 1.165) is 19.3 Å². The summed E-state index contributed by atoms with van der Waals surface area (Å²) in [5, 5.41) is 2.74. The molecule has 128 valence electrons. The summed E-state index contributed by atoms with van der Waals surface area (Å²) in [6, 6.07) is 15.4. The molecule has 1 saturated heterocycles. The predicted molar refractivity (Wildman–Crippen MR) is 95.6 cm³/mol. The highest BCUT2D eigenvalue weighted by Crippen LogP contribution is 2.19. The molecule has 1 N–H and O–H groups in total. The molecule has 0 aromatic heterocycles. The number of benzene rings is 2. The van der Waals surface area contributed by atoms with Gasteiger partial charge in [0.1, 0.15) is 0 Å². The summed E-state index contributed by atoms with van der Waals surface area (Å²) >= 11 is 0. The van der Waals surface area contributed by atoms with Gasteiger partial charge in [-0.25, -0.2) is 0 Å². The summed E-state index contributed by atoms with van der Waals surface area (Å²) in [6.45, 7) is 1.23. The lowest BCUT2D eigenvalue weighted by molar-refractivity contribution is -0.127. The highest BCUT2D eigenvalue weighted by atomic mass is 16.2. The normalized spacial score (nSPS) is 14.0. The Labute approximate surface area is 146 Å². The highest BCUT2D eigenvalue weighted by Gasteiger charge is 2.26. The molecule has 1 heterocycles. The standard InChI is InChI=1S/C20H20N2O3/c23-18(20(25)22-13-7-2-8-14-22)16-11-5-6-12-17(16)21-19(24)15-9-3-1-4-10-15/h1,3-6,9-12H,2,7-8,13-14H2,(H,21,24). The number of nitrogens with zero attached hydrogens (tertiary/aromatic N) is 1. The minimum Gasteiger partial charge on any atom is -0.336 e. The van der Waals surface area contributed by atoms with Crippen LogP contribution < -0.4 is 5.32 Å². The number of likely N-dealkylation sites (tertiary alicyclic amines) is 1. The Morgan fingerprint density at radius 1 is 0.800 bits per heavy atom. The van der Waals surface area contributed by atoms with Crippen LogP contribution in [0.25, 0.3) is 0 Å². The largest absolute Gasteiger partial charge is 0.336 e. The zero-order valence-corrected chi connectivity index (χ0v) is 13.9. The molecule has 2 aromatic carbocycles. The average molecular weight is 336 g/mol. The Balaban J connectivity index is 1.79. The van der Waals surface area contributed by atoms with E-state index in [1.807, 2.05) is 6.07 Å². The predicted octanol–water partition coefficient (Wildman–Crippen LogP) is 3.13. The molecule has 0 aliphatic carbocycles. The van der Waals surface area contributed by atoms with Gasteiger partial charge in [0.05, 0.1) is 11.3 Å². The molecule has 2 aromatic rings. The van der Waals surface area contributed by atoms with Crippen LogP contribution in [0.2, 0.25) is 0 Å². The first-order valence-electron chi connectivity index (χ1n) is 8.46. The first-order chi connectivity index (χ1) is 12.2. The molecule has 1 fully saturated rings. The zero-order chi connectivity index (χ0) is 17.6. The van der Waals surface area contributed by atoms with Gasteiger partial charge >= 0.3 is 0 Å². The van der Waals surface area contributed by atoms with E-state index >= 15 is 0 Å². The number of rotatable bonds is 4. The number of para-hydroxylation sites is 1. The van der Waals surface area contributed by atoms with E-state index in [1.165, 1.54) is 0 Å². The first-order valence-corrected chi connectivity index (χ1v) is 8.46. The topological polar surface area (TPSA) is 66.5 Å². The van der Waals surface area contributed by atoms with Crippen molar-refractivity contribution >= 4 is 23.3 Å². The van der Waals surface area contributed by atoms with Crippen molar-refractivity contribution < 1.29 is 14.4 Å². The van der Waals surface area contributed by atoms with E-state index < -0.39 is 11.7 Å². The van der Waals surface area contributed by atoms with Gasteiger partial charge in [0.25, 0.3) is 17.6 Å². The number of Topliss-reactive ketones (excluding diaryl/α,β-unsaturated/α-hetero) is 1. The van der Waals surface area contributed by atoms with Crippen LogP contribution in [-0.2, 0) is 4.79 Å². The van der Waals surface area contributed by atoms with Crippen molar-refractivity contribution in [2.24, 2.45) is 0 Å². The van der Waals surface area contributed by atoms with Gasteiger partial charge in [0, 0.05) is 18.7 Å². The number of hydrogen-bond donors (Lipinski definition) is 1. The summed E-state index contributed by atoms with van der Waals surface area (Å²) < 4.78 is 0. The van der Waals surface area contributed by atoms with Crippen molar-refractivity contribution in [1.82, 2.24) is 4.90 Å². The molecule has 3 rings (SSSR count). The molecule has 0 spiro atoms. The molecule has 2 amide bonds. The van der Waals surface area contributed by atoms with Gasteiger partial charge in [0.2, 0.25) is 0 Å². The lowest BCUT2D eigenvalue weighted by Crippen LogP contribution is -2.40. The van der Waals surface area contributed by atoms with E-state index in [4.69, 9.17) is 0 Å². The number of carbonyl (C=O) groups excluding carboxylic acids is 3. The van der Waals surface area contributed by atoms with Crippen LogP contribution in [0.3, 0.4) is 0 Å². The third-order valence-electron chi connectivity index (χ3n) is 4.29. The maximum atomic E-state index is 12.6. The van der Waals surface area contributed by atoms with Crippen LogP contribution in [0.1, 0.15) is 40.0 Å². The summed E-state index contributed by atoms with van der Waals surface area (Å²) in [5.74, 6) is -1.39. The van der Waals surface area contributed by atoms with E-state index in [2.05, 4.69) is 5.32 Å². The van der Waals surface area contributed by atoms with Gasteiger partial charge in [-0.15, -0.1) is 0 Å². The number of amides is 2. The van der Waals surface area contributed by atoms with Crippen LogP contribution >= 0.6 is 0 Å². The molecular formula is C20H20N2O3. The highest BCUT2D eigenvalue weighted by molar-refractivity contribution is 6.44. The van der Waals surface area contributed by atoms with Crippen LogP contribution in [0.15, 0.2) is 54.6 Å². The first kappa shape index (κ1) is 16.9. The van der Waals surface area contributed by atoms with Crippen LogP contribution in [-0.4, -0.2) is 35.6 Å². The SMILES string of the molecule is O=C(Nc1ccccc1C(=O)C(=O)N1CCCCC1)c1ccccc1. The second-order valence-corrected chi connectivity index (χ2v) is 6.05. The van der Waals surface area contributed by atoms with Crippen molar-refractivity contribution in [3.63, 3.8) is 0 Å². The summed E-state index contributed by atoms with van der Waals surface area (Å²) in [5.41, 5.74) is 1.07. The lowest BCUT2D eigenvalue weighted by Gasteiger charge is -2.26. The molecule has 5 nitrogen and oxygen atoms in total. The number of carbonyl (C=O) groups is 3. The summed E-state index contributed by atoms with van der Waals surface area (Å²) in [4.78, 5) is 39.1. The molecule has 25 heavy (non-hydrogen) atoms. The van der Waals surface area contributed by atoms with Crippen LogP contribution in [0.4, 0.5) is 5.69 Å². The van der Waals surface area contributed by atoms with Crippen molar-refractivity contribution in [1.29, 1.82) is 0 Å². The lowest BCUT2D eigenvalue weighted by atomic mass is 10.0. The monoisotopic (exact) mass is 336 g/mol. The summed E-state index contributed by atoms with van der Waals surface area (Å²) in [6.07, 6.45) is 2.93. The van der Waals surface area contributed by atoms with Crippen molar-refractivity contribution in [2.45, 2.75) is 19.3 Å². The second-order valence-electron chi connectivity index (χ2n) is 6.05. The average Bonchev–Trinajstić information content (AvgIpc) is 2.68. The van der Waals surface area contributed by atoms with Gasteiger partial charge in [0.15, 0.2) is 0 Å². The van der Waals surface area contributed by atoms with Crippen molar-refractivity contribution in [2.75, 3.05) is 18.4 Å². The Morgan fingerprint density at radius 3 is 2.16 bits per heavy atom. The Kier molecular flexibility index (Phi) is 5.23. The van der Waals surface area contributed by atoms with E-state index in [-0.39, 0.29) is 11.5 Å². The smallest absolute Gasteiger partial charge is 0.295 e. The van der Waals surface area contributed by atoms with E-state index in [9.17, 15) is 14.4 Å². The number of nitrogens with one attached hydrogen (secondary N) is 1. The third-order valence-corrected chi connectivity index (χ3v) is 4.29. The Bertz CT molecular complexity index is 781. The fourth-order valence-corrected chi connectivity index (χ4v) is 2.93. The maximum absolute atomic E-state index is 12.6. The zero-order valence-electron chi connectivity index (χ0n) is 13.9. The number of ketones is 1. The minimum atomic E-state index is -0.578. The summed E-state index contributed by atoms with van der Waals surface area (Å²) in [7, 11) is 0. The molecule has 0 saturated carbocycles. The van der Waals surface area contributed by atoms with Gasteiger partial charge in [-0.05, 0) is 43.5 Å². The van der Waals surface area contributed by atoms with Gasteiger partial charge < -0.3 is 10.2 Å². The molecule has 5 heteroatoms. The van der Waals surface area contributed by atoms with Crippen LogP contribution in [0, 0.1) is 0 Å².